The molecule has 14 nitrogen and oxygen atoms in total. The van der Waals surface area contributed by atoms with E-state index in [-0.39, 0.29) is 48.4 Å². The average Bonchev–Trinajstić information content (AvgIpc) is 3.54. The maximum absolute atomic E-state index is 13.0. The van der Waals surface area contributed by atoms with Crippen LogP contribution >= 0.6 is 21.6 Å². The molecule has 0 aromatic carbocycles. The van der Waals surface area contributed by atoms with E-state index in [1.165, 1.54) is 0 Å². The van der Waals surface area contributed by atoms with E-state index in [2.05, 4.69) is 42.0 Å². The van der Waals surface area contributed by atoms with Gasteiger partial charge < -0.3 is 21.3 Å². The lowest BCUT2D eigenvalue weighted by molar-refractivity contribution is -0.139. The fourth-order valence-corrected chi connectivity index (χ4v) is 6.93. The maximum atomic E-state index is 13.0. The molecule has 4 N–H and O–H groups in total. The summed E-state index contributed by atoms with van der Waals surface area (Å²) in [6.07, 6.45) is 9.53. The Balaban J connectivity index is 1.67. The van der Waals surface area contributed by atoms with Crippen LogP contribution in [-0.2, 0) is 38.4 Å². The third-order valence-electron chi connectivity index (χ3n) is 7.27. The highest BCUT2D eigenvalue weighted by molar-refractivity contribution is 8.77. The zero-order valence-corrected chi connectivity index (χ0v) is 30.3. The summed E-state index contributed by atoms with van der Waals surface area (Å²) in [5.41, 5.74) is 0. The summed E-state index contributed by atoms with van der Waals surface area (Å²) in [5, 5.41) is 11.2. The lowest BCUT2D eigenvalue weighted by Gasteiger charge is -2.20. The number of amides is 8. The number of rotatable bonds is 24. The van der Waals surface area contributed by atoms with Crippen molar-refractivity contribution in [3.63, 3.8) is 0 Å². The molecule has 0 aliphatic carbocycles. The van der Waals surface area contributed by atoms with Crippen LogP contribution in [0.3, 0.4) is 0 Å². The van der Waals surface area contributed by atoms with Crippen molar-refractivity contribution < 1.29 is 38.4 Å². The van der Waals surface area contributed by atoms with E-state index in [1.807, 2.05) is 0 Å². The highest BCUT2D eigenvalue weighted by Gasteiger charge is 2.26. The van der Waals surface area contributed by atoms with Gasteiger partial charge in [-0.05, 0) is 32.1 Å². The van der Waals surface area contributed by atoms with Gasteiger partial charge in [-0.25, -0.2) is 0 Å². The second-order valence-corrected chi connectivity index (χ2v) is 15.9. The van der Waals surface area contributed by atoms with Crippen molar-refractivity contribution in [3.8, 4) is 0 Å². The van der Waals surface area contributed by atoms with Crippen molar-refractivity contribution in [1.29, 1.82) is 0 Å². The summed E-state index contributed by atoms with van der Waals surface area (Å²) < 4.78 is 0.161. The summed E-state index contributed by atoms with van der Waals surface area (Å²) in [6, 6.07) is -0.846. The van der Waals surface area contributed by atoms with Crippen LogP contribution in [0.4, 0.5) is 0 Å². The molecule has 0 fully saturated rings. The van der Waals surface area contributed by atoms with E-state index in [9.17, 15) is 38.4 Å². The van der Waals surface area contributed by atoms with Crippen LogP contribution in [-0.4, -0.2) is 106 Å². The van der Waals surface area contributed by atoms with Crippen LogP contribution in [0, 0.1) is 0 Å². The van der Waals surface area contributed by atoms with E-state index in [1.54, 1.807) is 21.6 Å². The molecule has 0 saturated heterocycles. The second kappa shape index (κ2) is 22.1. The SMILES string of the molecule is CC(C)(C)SSCCC(=O)NCCCCCCNC(=O)[C@H](CCCCNC(=O)CCN1C(=O)C=CC1=O)NC(=O)CCN1C(=O)C=CC1=O. The molecule has 2 rings (SSSR count). The number of hydrogen-bond donors (Lipinski definition) is 4. The second-order valence-electron chi connectivity index (χ2n) is 12.6. The molecule has 0 spiro atoms. The largest absolute Gasteiger partial charge is 0.356 e. The van der Waals surface area contributed by atoms with Gasteiger partial charge in [-0.2, -0.15) is 0 Å². The van der Waals surface area contributed by atoms with E-state index in [4.69, 9.17) is 0 Å². The molecule has 1 atom stereocenters. The predicted octanol–water partition coefficient (Wildman–Crippen LogP) is 1.75. The van der Waals surface area contributed by atoms with Crippen LogP contribution in [0.1, 0.15) is 85.0 Å². The molecule has 0 aromatic rings. The minimum atomic E-state index is -0.846. The zero-order chi connectivity index (χ0) is 36.2. The molecule has 0 radical (unpaired) electrons. The Morgan fingerprint density at radius 1 is 0.633 bits per heavy atom. The van der Waals surface area contributed by atoms with Crippen molar-refractivity contribution in [2.24, 2.45) is 0 Å². The Bertz CT molecular complexity index is 1230. The Labute approximate surface area is 296 Å². The Morgan fingerprint density at radius 2 is 1.08 bits per heavy atom. The van der Waals surface area contributed by atoms with Crippen molar-refractivity contribution in [2.45, 2.75) is 95.8 Å². The third kappa shape index (κ3) is 17.5. The van der Waals surface area contributed by atoms with Crippen LogP contribution < -0.4 is 21.3 Å². The van der Waals surface area contributed by atoms with E-state index in [0.717, 1.165) is 65.5 Å². The fraction of sp³-hybridized carbons (Fsp3) is 0.636. The first-order valence-corrected chi connectivity index (χ1v) is 19.1. The van der Waals surface area contributed by atoms with Gasteiger partial charge in [0.1, 0.15) is 6.04 Å². The molecule has 16 heteroatoms. The molecule has 0 saturated carbocycles. The number of carbonyl (C=O) groups excluding carboxylic acids is 8. The van der Waals surface area contributed by atoms with Crippen molar-refractivity contribution >= 4 is 68.8 Å². The number of unbranched alkanes of at least 4 members (excludes halogenated alkanes) is 4. The van der Waals surface area contributed by atoms with Gasteiger partial charge in [0, 0.05) is 86.8 Å². The summed E-state index contributed by atoms with van der Waals surface area (Å²) in [7, 11) is 3.47. The fourth-order valence-electron chi connectivity index (χ4n) is 4.66. The topological polar surface area (TPSA) is 191 Å². The zero-order valence-electron chi connectivity index (χ0n) is 28.7. The summed E-state index contributed by atoms with van der Waals surface area (Å²) in [4.78, 5) is 98.6. The van der Waals surface area contributed by atoms with E-state index >= 15 is 0 Å². The van der Waals surface area contributed by atoms with Gasteiger partial charge in [0.2, 0.25) is 23.6 Å². The maximum Gasteiger partial charge on any atom is 0.253 e. The molecule has 2 heterocycles. The quantitative estimate of drug-likeness (QED) is 0.0649. The van der Waals surface area contributed by atoms with Gasteiger partial charge in [0.05, 0.1) is 0 Å². The normalized spacial score (nSPS) is 14.8. The number of nitrogens with one attached hydrogen (secondary N) is 4. The number of imide groups is 2. The number of hydrogen-bond acceptors (Lipinski definition) is 10. The standard InChI is InChI=1S/C33H50N6O8S2/c1-33(2,3)49-48-23-17-26(41)35-18-7-4-5-8-20-36-32(47)24(37-27(42)16-22-39-30(45)13-14-31(39)46)10-6-9-19-34-25(40)15-21-38-28(43)11-12-29(38)44/h11-14,24H,4-10,15-23H2,1-3H3,(H,34,40)(H,35,41)(H,36,47)(H,37,42)/t24-/m0/s1. The number of carbonyl (C=O) groups is 8. The molecule has 0 unspecified atom stereocenters. The first kappa shape index (κ1) is 41.5. The molecular weight excluding hydrogens is 673 g/mol. The first-order chi connectivity index (χ1) is 23.3. The molecule has 272 valence electrons. The lowest BCUT2D eigenvalue weighted by Crippen LogP contribution is -2.47. The summed E-state index contributed by atoms with van der Waals surface area (Å²) in [5.74, 6) is -2.20. The van der Waals surface area contributed by atoms with Crippen LogP contribution in [0.15, 0.2) is 24.3 Å². The monoisotopic (exact) mass is 722 g/mol. The van der Waals surface area contributed by atoms with Crippen molar-refractivity contribution in [3.05, 3.63) is 24.3 Å². The molecule has 0 aromatic heterocycles. The van der Waals surface area contributed by atoms with Gasteiger partial charge >= 0.3 is 0 Å². The van der Waals surface area contributed by atoms with Crippen LogP contribution in [0.25, 0.3) is 0 Å². The highest BCUT2D eigenvalue weighted by Crippen LogP contribution is 2.35. The highest BCUT2D eigenvalue weighted by atomic mass is 33.1. The van der Waals surface area contributed by atoms with Gasteiger partial charge in [0.15, 0.2) is 0 Å². The van der Waals surface area contributed by atoms with E-state index in [0.29, 0.717) is 45.3 Å². The molecule has 0 bridgehead atoms. The van der Waals surface area contributed by atoms with E-state index < -0.39 is 35.6 Å². The van der Waals surface area contributed by atoms with Gasteiger partial charge in [-0.15, -0.1) is 0 Å². The van der Waals surface area contributed by atoms with Gasteiger partial charge in [0.25, 0.3) is 23.6 Å². The molecule has 2 aliphatic heterocycles. The van der Waals surface area contributed by atoms with Crippen molar-refractivity contribution in [1.82, 2.24) is 31.1 Å². The minimum absolute atomic E-state index is 0.0112. The number of nitrogens with zero attached hydrogens (tertiary/aromatic N) is 2. The average molecular weight is 723 g/mol. The van der Waals surface area contributed by atoms with Gasteiger partial charge in [-0.3, -0.25) is 48.2 Å². The molecule has 49 heavy (non-hydrogen) atoms. The summed E-state index contributed by atoms with van der Waals surface area (Å²) in [6.45, 7) is 7.63. The van der Waals surface area contributed by atoms with Crippen LogP contribution in [0.2, 0.25) is 0 Å². The Morgan fingerprint density at radius 3 is 1.59 bits per heavy atom. The molecular formula is C33H50N6O8S2. The first-order valence-electron chi connectivity index (χ1n) is 16.7. The Kier molecular flexibility index (Phi) is 18.8. The van der Waals surface area contributed by atoms with Gasteiger partial charge in [-0.1, -0.05) is 55.2 Å². The predicted molar refractivity (Wildman–Crippen MR) is 189 cm³/mol. The van der Waals surface area contributed by atoms with Crippen molar-refractivity contribution in [2.75, 3.05) is 38.5 Å². The third-order valence-corrected chi connectivity index (χ3v) is 10.6. The van der Waals surface area contributed by atoms with Crippen LogP contribution in [0.5, 0.6) is 0 Å². The minimum Gasteiger partial charge on any atom is -0.356 e. The molecule has 2 aliphatic rings. The lowest BCUT2D eigenvalue weighted by atomic mass is 10.1. The summed E-state index contributed by atoms with van der Waals surface area (Å²) >= 11 is 0. The smallest absolute Gasteiger partial charge is 0.253 e. The molecule has 8 amide bonds. The Hall–Kier alpha value is -3.66.